The molecule has 0 unspecified atom stereocenters. The van der Waals surface area contributed by atoms with Crippen molar-refractivity contribution in [2.75, 3.05) is 14.2 Å². The quantitative estimate of drug-likeness (QED) is 0.578. The maximum atomic E-state index is 5.19. The molecule has 0 heterocycles. The van der Waals surface area contributed by atoms with Gasteiger partial charge in [-0.05, 0) is 18.3 Å². The van der Waals surface area contributed by atoms with Crippen molar-refractivity contribution >= 4 is 8.56 Å². The van der Waals surface area contributed by atoms with E-state index in [1.807, 2.05) is 18.7 Å². The van der Waals surface area contributed by atoms with Gasteiger partial charge in [-0.25, -0.2) is 0 Å². The largest absolute Gasteiger partial charge is 0.392 e. The fraction of sp³-hybridized carbons (Fsp3) is 0.429. The lowest BCUT2D eigenvalue weighted by Crippen LogP contribution is -2.35. The van der Waals surface area contributed by atoms with Crippen molar-refractivity contribution in [1.82, 2.24) is 0 Å². The van der Waals surface area contributed by atoms with Crippen LogP contribution in [-0.4, -0.2) is 22.8 Å². The fourth-order valence-corrected chi connectivity index (χ4v) is 2.06. The first-order chi connectivity index (χ1) is 4.74. The highest BCUT2D eigenvalue weighted by atomic mass is 28.4. The van der Waals surface area contributed by atoms with Gasteiger partial charge in [-0.1, -0.05) is 6.08 Å². The van der Waals surface area contributed by atoms with Gasteiger partial charge in [0.15, 0.2) is 0 Å². The van der Waals surface area contributed by atoms with Crippen LogP contribution in [0.25, 0.3) is 0 Å². The van der Waals surface area contributed by atoms with Crippen molar-refractivity contribution in [3.05, 3.63) is 24.1 Å². The highest BCUT2D eigenvalue weighted by Gasteiger charge is 2.27. The molecule has 0 aromatic rings. The lowest BCUT2D eigenvalue weighted by molar-refractivity contribution is 0.270. The van der Waals surface area contributed by atoms with E-state index in [0.29, 0.717) is 0 Å². The SMILES string of the molecule is C=C[Si](C=CC)(OC)OC. The molecule has 2 nitrogen and oxygen atoms in total. The molecule has 0 saturated carbocycles. The van der Waals surface area contributed by atoms with E-state index in [1.165, 1.54) is 0 Å². The molecule has 10 heavy (non-hydrogen) atoms. The topological polar surface area (TPSA) is 18.5 Å². The van der Waals surface area contributed by atoms with E-state index < -0.39 is 8.56 Å². The first-order valence-electron chi connectivity index (χ1n) is 3.12. The normalized spacial score (nSPS) is 12.3. The average molecular weight is 158 g/mol. The molecule has 0 amide bonds. The van der Waals surface area contributed by atoms with Gasteiger partial charge in [-0.15, -0.1) is 6.58 Å². The fourth-order valence-electron chi connectivity index (χ4n) is 0.686. The van der Waals surface area contributed by atoms with Crippen LogP contribution >= 0.6 is 0 Å². The molecule has 0 aromatic heterocycles. The molecule has 0 aliphatic carbocycles. The Morgan fingerprint density at radius 1 is 1.30 bits per heavy atom. The minimum Gasteiger partial charge on any atom is -0.392 e. The van der Waals surface area contributed by atoms with Gasteiger partial charge in [0.25, 0.3) is 0 Å². The van der Waals surface area contributed by atoms with Crippen molar-refractivity contribution in [2.45, 2.75) is 6.92 Å². The summed E-state index contributed by atoms with van der Waals surface area (Å²) in [6.45, 7) is 5.59. The summed E-state index contributed by atoms with van der Waals surface area (Å²) in [4.78, 5) is 0. The van der Waals surface area contributed by atoms with E-state index >= 15 is 0 Å². The van der Waals surface area contributed by atoms with E-state index in [9.17, 15) is 0 Å². The lowest BCUT2D eigenvalue weighted by atomic mass is 10.8. The van der Waals surface area contributed by atoms with Gasteiger partial charge in [0, 0.05) is 14.2 Å². The summed E-state index contributed by atoms with van der Waals surface area (Å²) in [5, 5.41) is 0. The Morgan fingerprint density at radius 2 is 1.80 bits per heavy atom. The van der Waals surface area contributed by atoms with Crippen molar-refractivity contribution in [3.63, 3.8) is 0 Å². The molecule has 0 saturated heterocycles. The Bertz CT molecular complexity index is 128. The molecule has 58 valence electrons. The van der Waals surface area contributed by atoms with Crippen LogP contribution in [0.4, 0.5) is 0 Å². The summed E-state index contributed by atoms with van der Waals surface area (Å²) in [7, 11) is 1.14. The van der Waals surface area contributed by atoms with E-state index in [0.717, 1.165) is 0 Å². The molecule has 0 fully saturated rings. The van der Waals surface area contributed by atoms with Gasteiger partial charge in [-0.2, -0.15) is 0 Å². The molecular formula is C7H14O2Si. The predicted octanol–water partition coefficient (Wildman–Crippen LogP) is 1.56. The van der Waals surface area contributed by atoms with E-state index in [1.54, 1.807) is 19.9 Å². The van der Waals surface area contributed by atoms with Crippen molar-refractivity contribution in [2.24, 2.45) is 0 Å². The standard InChI is InChI=1S/C7H14O2Si/c1-5-7-10(6-2,8-3)9-4/h5-7H,2H2,1,3-4H3. The third-order valence-electron chi connectivity index (χ3n) is 1.32. The summed E-state index contributed by atoms with van der Waals surface area (Å²) >= 11 is 0. The third-order valence-corrected chi connectivity index (χ3v) is 3.96. The van der Waals surface area contributed by atoms with Crippen LogP contribution in [0.15, 0.2) is 24.1 Å². The number of hydrogen-bond donors (Lipinski definition) is 0. The molecule has 0 radical (unpaired) electrons. The number of rotatable bonds is 4. The number of hydrogen-bond acceptors (Lipinski definition) is 2. The van der Waals surface area contributed by atoms with Crippen LogP contribution in [0, 0.1) is 0 Å². The van der Waals surface area contributed by atoms with Crippen molar-refractivity contribution < 1.29 is 8.85 Å². The summed E-state index contributed by atoms with van der Waals surface area (Å²) in [6.07, 6.45) is 1.92. The Kier molecular flexibility index (Phi) is 4.27. The zero-order valence-corrected chi connectivity index (χ0v) is 7.76. The maximum Gasteiger partial charge on any atom is 0.390 e. The van der Waals surface area contributed by atoms with Gasteiger partial charge >= 0.3 is 8.56 Å². The van der Waals surface area contributed by atoms with Gasteiger partial charge in [0.05, 0.1) is 0 Å². The van der Waals surface area contributed by atoms with Crippen LogP contribution in [0.3, 0.4) is 0 Å². The van der Waals surface area contributed by atoms with Gasteiger partial charge in [-0.3, -0.25) is 0 Å². The van der Waals surface area contributed by atoms with Crippen LogP contribution in [0.5, 0.6) is 0 Å². The molecule has 0 N–H and O–H groups in total. The Labute approximate surface area is 63.4 Å². The van der Waals surface area contributed by atoms with Crippen LogP contribution in [-0.2, 0) is 8.85 Å². The van der Waals surface area contributed by atoms with Crippen molar-refractivity contribution in [1.29, 1.82) is 0 Å². The first kappa shape index (κ1) is 9.62. The van der Waals surface area contributed by atoms with Crippen LogP contribution < -0.4 is 0 Å². The predicted molar refractivity (Wildman–Crippen MR) is 44.8 cm³/mol. The third kappa shape index (κ3) is 2.09. The van der Waals surface area contributed by atoms with Gasteiger partial charge in [0.1, 0.15) is 0 Å². The lowest BCUT2D eigenvalue weighted by Gasteiger charge is -2.18. The van der Waals surface area contributed by atoms with Gasteiger partial charge in [0.2, 0.25) is 0 Å². The smallest absolute Gasteiger partial charge is 0.390 e. The second-order valence-corrected chi connectivity index (χ2v) is 4.83. The summed E-state index contributed by atoms with van der Waals surface area (Å²) in [6, 6.07) is 0. The van der Waals surface area contributed by atoms with E-state index in [4.69, 9.17) is 8.85 Å². The Hall–Kier alpha value is -0.383. The number of allylic oxidation sites excluding steroid dienone is 1. The van der Waals surface area contributed by atoms with Crippen LogP contribution in [0.2, 0.25) is 0 Å². The average Bonchev–Trinajstić information content (AvgIpc) is 2.01. The molecule has 0 aliphatic heterocycles. The Balaban J connectivity index is 4.29. The molecular weight excluding hydrogens is 144 g/mol. The van der Waals surface area contributed by atoms with Crippen molar-refractivity contribution in [3.8, 4) is 0 Å². The zero-order valence-electron chi connectivity index (χ0n) is 6.76. The Morgan fingerprint density at radius 3 is 1.90 bits per heavy atom. The first-order valence-corrected chi connectivity index (χ1v) is 5.09. The van der Waals surface area contributed by atoms with E-state index in [2.05, 4.69) is 6.58 Å². The minimum absolute atomic E-state index is 1.64. The second-order valence-electron chi connectivity index (χ2n) is 1.83. The molecule has 0 rings (SSSR count). The summed E-state index contributed by atoms with van der Waals surface area (Å²) < 4.78 is 10.4. The molecule has 0 atom stereocenters. The molecule has 0 bridgehead atoms. The minimum atomic E-state index is -2.13. The molecule has 3 heteroatoms. The molecule has 0 aliphatic rings. The van der Waals surface area contributed by atoms with Crippen LogP contribution in [0.1, 0.15) is 6.92 Å². The monoisotopic (exact) mass is 158 g/mol. The second kappa shape index (κ2) is 4.44. The maximum absolute atomic E-state index is 5.19. The van der Waals surface area contributed by atoms with E-state index in [-0.39, 0.29) is 0 Å². The summed E-state index contributed by atoms with van der Waals surface area (Å²) in [5.74, 6) is 0. The molecule has 0 aromatic carbocycles. The highest BCUT2D eigenvalue weighted by molar-refractivity contribution is 6.77. The zero-order chi connectivity index (χ0) is 8.04. The summed E-state index contributed by atoms with van der Waals surface area (Å²) in [5.41, 5.74) is 3.67. The van der Waals surface area contributed by atoms with Gasteiger partial charge < -0.3 is 8.85 Å². The highest BCUT2D eigenvalue weighted by Crippen LogP contribution is 2.07. The molecule has 0 spiro atoms.